The molecule has 1 aromatic heterocycles. The molecule has 0 saturated carbocycles. The Morgan fingerprint density at radius 2 is 1.95 bits per heavy atom. The highest BCUT2D eigenvalue weighted by molar-refractivity contribution is 9.10. The number of nitrogens with zero attached hydrogens (tertiary/aromatic N) is 3. The van der Waals surface area contributed by atoms with E-state index in [4.69, 9.17) is 0 Å². The zero-order valence-electron chi connectivity index (χ0n) is 12.3. The van der Waals surface area contributed by atoms with Gasteiger partial charge in [-0.25, -0.2) is 9.97 Å². The van der Waals surface area contributed by atoms with E-state index in [2.05, 4.69) is 55.5 Å². The minimum absolute atomic E-state index is 0.776. The molecule has 1 heterocycles. The summed E-state index contributed by atoms with van der Waals surface area (Å²) in [7, 11) is 4.15. The van der Waals surface area contributed by atoms with E-state index in [0.717, 1.165) is 41.3 Å². The van der Waals surface area contributed by atoms with Crippen LogP contribution in [0.5, 0.6) is 0 Å². The summed E-state index contributed by atoms with van der Waals surface area (Å²) >= 11 is 3.45. The summed E-state index contributed by atoms with van der Waals surface area (Å²) in [5.41, 5.74) is 0.988. The Morgan fingerprint density at radius 1 is 1.14 bits per heavy atom. The molecule has 0 aliphatic carbocycles. The lowest BCUT2D eigenvalue weighted by Gasteiger charge is -2.11. The van der Waals surface area contributed by atoms with Crippen LogP contribution in [0.4, 0.5) is 17.3 Å². The highest BCUT2D eigenvalue weighted by Gasteiger charge is 2.00. The highest BCUT2D eigenvalue weighted by Crippen LogP contribution is 2.20. The largest absolute Gasteiger partial charge is 0.370 e. The summed E-state index contributed by atoms with van der Waals surface area (Å²) in [6.07, 6.45) is 2.64. The maximum atomic E-state index is 4.24. The van der Waals surface area contributed by atoms with Crippen molar-refractivity contribution in [3.8, 4) is 0 Å². The topological polar surface area (TPSA) is 53.1 Å². The number of anilines is 3. The van der Waals surface area contributed by atoms with Gasteiger partial charge in [-0.1, -0.05) is 22.0 Å². The normalized spacial score (nSPS) is 10.7. The van der Waals surface area contributed by atoms with Gasteiger partial charge >= 0.3 is 0 Å². The van der Waals surface area contributed by atoms with Gasteiger partial charge in [-0.05, 0) is 45.3 Å². The maximum absolute atomic E-state index is 4.24. The van der Waals surface area contributed by atoms with Gasteiger partial charge in [-0.2, -0.15) is 0 Å². The molecule has 2 aromatic rings. The fourth-order valence-electron chi connectivity index (χ4n) is 1.85. The summed E-state index contributed by atoms with van der Waals surface area (Å²) in [4.78, 5) is 10.6. The van der Waals surface area contributed by atoms with E-state index < -0.39 is 0 Å². The Balaban J connectivity index is 1.91. The molecule has 2 rings (SSSR count). The van der Waals surface area contributed by atoms with Crippen LogP contribution in [-0.2, 0) is 0 Å². The summed E-state index contributed by atoms with van der Waals surface area (Å²) < 4.78 is 1.03. The minimum atomic E-state index is 0.776. The molecule has 0 saturated heterocycles. The van der Waals surface area contributed by atoms with Gasteiger partial charge in [0.05, 0.1) is 0 Å². The first-order valence-corrected chi connectivity index (χ1v) is 7.66. The van der Waals surface area contributed by atoms with E-state index in [1.807, 2.05) is 30.3 Å². The van der Waals surface area contributed by atoms with Gasteiger partial charge in [-0.3, -0.25) is 0 Å². The van der Waals surface area contributed by atoms with Gasteiger partial charge in [0.25, 0.3) is 0 Å². The lowest BCUT2D eigenvalue weighted by molar-refractivity contribution is 0.405. The van der Waals surface area contributed by atoms with E-state index >= 15 is 0 Å². The van der Waals surface area contributed by atoms with E-state index in [9.17, 15) is 0 Å². The van der Waals surface area contributed by atoms with Crippen molar-refractivity contribution in [2.45, 2.75) is 6.42 Å². The quantitative estimate of drug-likeness (QED) is 0.750. The molecule has 0 spiro atoms. The molecule has 0 aliphatic rings. The third-order valence-electron chi connectivity index (χ3n) is 2.85. The molecule has 0 amide bonds. The molecule has 21 heavy (non-hydrogen) atoms. The Bertz CT molecular complexity index is 573. The van der Waals surface area contributed by atoms with Crippen molar-refractivity contribution in [2.24, 2.45) is 0 Å². The number of nitrogens with one attached hydrogen (secondary N) is 2. The van der Waals surface area contributed by atoms with Crippen molar-refractivity contribution in [2.75, 3.05) is 37.8 Å². The highest BCUT2D eigenvalue weighted by atomic mass is 79.9. The van der Waals surface area contributed by atoms with Gasteiger partial charge < -0.3 is 15.5 Å². The Labute approximate surface area is 133 Å². The van der Waals surface area contributed by atoms with Crippen LogP contribution in [0.3, 0.4) is 0 Å². The molecular formula is C15H20BrN5. The van der Waals surface area contributed by atoms with E-state index in [0.29, 0.717) is 0 Å². The van der Waals surface area contributed by atoms with Gasteiger partial charge in [0.1, 0.15) is 18.0 Å². The van der Waals surface area contributed by atoms with Crippen molar-refractivity contribution in [1.29, 1.82) is 0 Å². The second-order valence-electron chi connectivity index (χ2n) is 5.01. The molecular weight excluding hydrogens is 330 g/mol. The van der Waals surface area contributed by atoms with Crippen LogP contribution in [0.1, 0.15) is 6.42 Å². The SMILES string of the molecule is CN(C)CCCNc1cc(Nc2cccc(Br)c2)ncn1. The summed E-state index contributed by atoms with van der Waals surface area (Å²) in [6.45, 7) is 1.95. The van der Waals surface area contributed by atoms with Crippen molar-refractivity contribution >= 4 is 33.3 Å². The minimum Gasteiger partial charge on any atom is -0.370 e. The number of benzene rings is 1. The predicted octanol–water partition coefficient (Wildman–Crippen LogP) is 3.35. The van der Waals surface area contributed by atoms with Gasteiger partial charge in [0, 0.05) is 22.8 Å². The zero-order chi connectivity index (χ0) is 15.1. The first-order chi connectivity index (χ1) is 10.1. The number of halogens is 1. The summed E-state index contributed by atoms with van der Waals surface area (Å²) in [5.74, 6) is 1.61. The number of rotatable bonds is 7. The van der Waals surface area contributed by atoms with E-state index in [1.165, 1.54) is 0 Å². The fourth-order valence-corrected chi connectivity index (χ4v) is 2.25. The molecule has 0 bridgehead atoms. The van der Waals surface area contributed by atoms with Crippen molar-refractivity contribution in [1.82, 2.24) is 14.9 Å². The van der Waals surface area contributed by atoms with Crippen molar-refractivity contribution in [3.63, 3.8) is 0 Å². The molecule has 1 aromatic carbocycles. The lowest BCUT2D eigenvalue weighted by atomic mass is 10.3. The standard InChI is InChI=1S/C15H20BrN5/c1-21(2)8-4-7-17-14-10-15(19-11-18-14)20-13-6-3-5-12(16)9-13/h3,5-6,9-11H,4,7-8H2,1-2H3,(H2,17,18,19,20). The van der Waals surface area contributed by atoms with Crippen LogP contribution < -0.4 is 10.6 Å². The van der Waals surface area contributed by atoms with E-state index in [-0.39, 0.29) is 0 Å². The Hall–Kier alpha value is -1.66. The summed E-state index contributed by atoms with van der Waals surface area (Å²) in [5, 5.41) is 6.57. The smallest absolute Gasteiger partial charge is 0.135 e. The molecule has 6 heteroatoms. The van der Waals surface area contributed by atoms with Crippen LogP contribution in [0.2, 0.25) is 0 Å². The third-order valence-corrected chi connectivity index (χ3v) is 3.35. The monoisotopic (exact) mass is 349 g/mol. The lowest BCUT2D eigenvalue weighted by Crippen LogP contribution is -2.16. The first kappa shape index (κ1) is 15.7. The molecule has 0 aliphatic heterocycles. The van der Waals surface area contributed by atoms with Crippen molar-refractivity contribution < 1.29 is 0 Å². The van der Waals surface area contributed by atoms with Crippen LogP contribution in [-0.4, -0.2) is 42.1 Å². The van der Waals surface area contributed by atoms with E-state index in [1.54, 1.807) is 6.33 Å². The molecule has 0 fully saturated rings. The molecule has 0 unspecified atom stereocenters. The average Bonchev–Trinajstić information content (AvgIpc) is 2.44. The third kappa shape index (κ3) is 5.69. The number of hydrogen-bond donors (Lipinski definition) is 2. The molecule has 0 radical (unpaired) electrons. The average molecular weight is 350 g/mol. The summed E-state index contributed by atoms with van der Waals surface area (Å²) in [6, 6.07) is 9.89. The zero-order valence-corrected chi connectivity index (χ0v) is 13.9. The van der Waals surface area contributed by atoms with Gasteiger partial charge in [-0.15, -0.1) is 0 Å². The van der Waals surface area contributed by atoms with Crippen LogP contribution in [0, 0.1) is 0 Å². The first-order valence-electron chi connectivity index (χ1n) is 6.87. The Kier molecular flexibility index (Phi) is 5.95. The van der Waals surface area contributed by atoms with Crippen molar-refractivity contribution in [3.05, 3.63) is 41.1 Å². The van der Waals surface area contributed by atoms with Crippen LogP contribution >= 0.6 is 15.9 Å². The molecule has 2 N–H and O–H groups in total. The molecule has 5 nitrogen and oxygen atoms in total. The van der Waals surface area contributed by atoms with Gasteiger partial charge in [0.15, 0.2) is 0 Å². The fraction of sp³-hybridized carbons (Fsp3) is 0.333. The second kappa shape index (κ2) is 7.95. The second-order valence-corrected chi connectivity index (χ2v) is 5.92. The van der Waals surface area contributed by atoms with Crippen LogP contribution in [0.15, 0.2) is 41.1 Å². The predicted molar refractivity (Wildman–Crippen MR) is 91.1 cm³/mol. The Morgan fingerprint density at radius 3 is 2.71 bits per heavy atom. The number of hydrogen-bond acceptors (Lipinski definition) is 5. The molecule has 112 valence electrons. The van der Waals surface area contributed by atoms with Crippen LogP contribution in [0.25, 0.3) is 0 Å². The van der Waals surface area contributed by atoms with Gasteiger partial charge in [0.2, 0.25) is 0 Å². The number of aromatic nitrogens is 2. The maximum Gasteiger partial charge on any atom is 0.135 e. The molecule has 0 atom stereocenters.